The first-order valence-electron chi connectivity index (χ1n) is 7.72. The van der Waals surface area contributed by atoms with Crippen LogP contribution in [0.2, 0.25) is 0 Å². The molecule has 3 aromatic rings. The molecule has 1 amide bonds. The zero-order chi connectivity index (χ0) is 17.6. The van der Waals surface area contributed by atoms with Crippen molar-refractivity contribution in [2.45, 2.75) is 13.5 Å². The third-order valence-electron chi connectivity index (χ3n) is 3.45. The molecule has 0 bridgehead atoms. The highest BCUT2D eigenvalue weighted by atomic mass is 16.5. The average molecular weight is 338 g/mol. The number of anilines is 2. The van der Waals surface area contributed by atoms with Gasteiger partial charge in [-0.25, -0.2) is 9.97 Å². The molecular formula is C18H18N4O3. The molecule has 0 unspecified atom stereocenters. The highest BCUT2D eigenvalue weighted by Crippen LogP contribution is 2.23. The van der Waals surface area contributed by atoms with Gasteiger partial charge in [0.25, 0.3) is 5.91 Å². The minimum atomic E-state index is -0.337. The fraction of sp³-hybridized carbons (Fsp3) is 0.167. The van der Waals surface area contributed by atoms with Crippen LogP contribution in [0.4, 0.5) is 11.5 Å². The molecule has 2 heterocycles. The van der Waals surface area contributed by atoms with Gasteiger partial charge in [0, 0.05) is 6.07 Å². The largest absolute Gasteiger partial charge is 0.495 e. The molecule has 3 rings (SSSR count). The molecule has 0 aliphatic carbocycles. The molecule has 0 radical (unpaired) electrons. The van der Waals surface area contributed by atoms with Crippen LogP contribution in [0, 0.1) is 6.92 Å². The number of ether oxygens (including phenoxy) is 1. The van der Waals surface area contributed by atoms with Crippen LogP contribution in [0.1, 0.15) is 22.1 Å². The number of aromatic nitrogens is 2. The molecule has 0 fully saturated rings. The van der Waals surface area contributed by atoms with E-state index in [1.165, 1.54) is 0 Å². The molecule has 0 saturated heterocycles. The number of nitrogens with one attached hydrogen (secondary N) is 2. The van der Waals surface area contributed by atoms with Crippen LogP contribution < -0.4 is 15.4 Å². The van der Waals surface area contributed by atoms with Crippen LogP contribution in [0.3, 0.4) is 0 Å². The molecule has 0 aliphatic heterocycles. The predicted molar refractivity (Wildman–Crippen MR) is 93.8 cm³/mol. The summed E-state index contributed by atoms with van der Waals surface area (Å²) >= 11 is 0. The predicted octanol–water partition coefficient (Wildman–Crippen LogP) is 3.25. The van der Waals surface area contributed by atoms with Crippen molar-refractivity contribution in [1.82, 2.24) is 9.97 Å². The second-order valence-electron chi connectivity index (χ2n) is 5.27. The summed E-state index contributed by atoms with van der Waals surface area (Å²) in [5, 5.41) is 5.92. The highest BCUT2D eigenvalue weighted by molar-refractivity contribution is 6.04. The lowest BCUT2D eigenvalue weighted by atomic mass is 10.2. The minimum absolute atomic E-state index is 0.264. The zero-order valence-corrected chi connectivity index (χ0v) is 13.9. The lowest BCUT2D eigenvalue weighted by molar-refractivity contribution is 0.102. The summed E-state index contributed by atoms with van der Waals surface area (Å²) in [4.78, 5) is 21.0. The van der Waals surface area contributed by atoms with Gasteiger partial charge in [-0.2, -0.15) is 0 Å². The normalized spacial score (nSPS) is 10.3. The van der Waals surface area contributed by atoms with Gasteiger partial charge in [0.05, 0.1) is 25.6 Å². The Morgan fingerprint density at radius 1 is 1.20 bits per heavy atom. The van der Waals surface area contributed by atoms with Crippen molar-refractivity contribution in [3.8, 4) is 5.75 Å². The molecule has 0 saturated carbocycles. The molecule has 0 aliphatic rings. The van der Waals surface area contributed by atoms with Gasteiger partial charge in [0.1, 0.15) is 28.8 Å². The van der Waals surface area contributed by atoms with Crippen LogP contribution in [0.5, 0.6) is 5.75 Å². The number of hydrogen-bond acceptors (Lipinski definition) is 6. The van der Waals surface area contributed by atoms with Gasteiger partial charge in [0.15, 0.2) is 0 Å². The Hall–Kier alpha value is -3.35. The molecular weight excluding hydrogens is 320 g/mol. The van der Waals surface area contributed by atoms with E-state index in [-0.39, 0.29) is 11.6 Å². The maximum absolute atomic E-state index is 12.5. The first-order chi connectivity index (χ1) is 12.2. The van der Waals surface area contributed by atoms with Gasteiger partial charge in [0.2, 0.25) is 0 Å². The monoisotopic (exact) mass is 338 g/mol. The number of carbonyl (C=O) groups excluding carboxylic acids is 1. The molecule has 7 nitrogen and oxygen atoms in total. The van der Waals surface area contributed by atoms with Crippen LogP contribution in [-0.4, -0.2) is 23.0 Å². The first-order valence-corrected chi connectivity index (χ1v) is 7.72. The Morgan fingerprint density at radius 3 is 2.80 bits per heavy atom. The number of hydrogen-bond donors (Lipinski definition) is 2. The first kappa shape index (κ1) is 16.5. The maximum Gasteiger partial charge on any atom is 0.274 e. The Balaban J connectivity index is 1.75. The fourth-order valence-corrected chi connectivity index (χ4v) is 2.30. The van der Waals surface area contributed by atoms with E-state index in [1.54, 1.807) is 38.5 Å². The lowest BCUT2D eigenvalue weighted by Crippen LogP contribution is -2.16. The molecule has 1 aromatic carbocycles. The molecule has 2 aromatic heterocycles. The summed E-state index contributed by atoms with van der Waals surface area (Å²) in [7, 11) is 1.55. The fourth-order valence-electron chi connectivity index (χ4n) is 2.30. The summed E-state index contributed by atoms with van der Waals surface area (Å²) in [5.41, 5.74) is 0.844. The Bertz CT molecular complexity index is 863. The number of benzene rings is 1. The number of furan rings is 1. The lowest BCUT2D eigenvalue weighted by Gasteiger charge is -2.11. The minimum Gasteiger partial charge on any atom is -0.495 e. The molecule has 7 heteroatoms. The van der Waals surface area contributed by atoms with E-state index in [0.29, 0.717) is 29.6 Å². The third-order valence-corrected chi connectivity index (χ3v) is 3.45. The van der Waals surface area contributed by atoms with Crippen molar-refractivity contribution < 1.29 is 13.9 Å². The van der Waals surface area contributed by atoms with Crippen molar-refractivity contribution >= 4 is 17.4 Å². The van der Waals surface area contributed by atoms with Gasteiger partial charge in [-0.15, -0.1) is 0 Å². The molecule has 2 N–H and O–H groups in total. The SMILES string of the molecule is COc1ccccc1NC(=O)c1cc(NCc2ccco2)nc(C)n1. The maximum atomic E-state index is 12.5. The van der Waals surface area contributed by atoms with Gasteiger partial charge in [-0.3, -0.25) is 4.79 Å². The molecule has 0 spiro atoms. The van der Waals surface area contributed by atoms with Crippen molar-refractivity contribution in [2.24, 2.45) is 0 Å². The zero-order valence-electron chi connectivity index (χ0n) is 13.9. The molecule has 0 atom stereocenters. The van der Waals surface area contributed by atoms with Crippen LogP contribution in [0.25, 0.3) is 0 Å². The van der Waals surface area contributed by atoms with E-state index in [2.05, 4.69) is 20.6 Å². The number of nitrogens with zero attached hydrogens (tertiary/aromatic N) is 2. The summed E-state index contributed by atoms with van der Waals surface area (Å²) < 4.78 is 10.5. The van der Waals surface area contributed by atoms with Gasteiger partial charge >= 0.3 is 0 Å². The highest BCUT2D eigenvalue weighted by Gasteiger charge is 2.13. The standard InChI is InChI=1S/C18H18N4O3/c1-12-20-15(10-17(21-12)19-11-13-6-5-9-25-13)18(23)22-14-7-3-4-8-16(14)24-2/h3-10H,11H2,1-2H3,(H,22,23)(H,19,20,21). The number of aryl methyl sites for hydroxylation is 1. The second-order valence-corrected chi connectivity index (χ2v) is 5.27. The van der Waals surface area contributed by atoms with Gasteiger partial charge in [-0.05, 0) is 31.2 Å². The number of methoxy groups -OCH3 is 1. The number of amides is 1. The molecule has 25 heavy (non-hydrogen) atoms. The van der Waals surface area contributed by atoms with Gasteiger partial charge < -0.3 is 19.8 Å². The van der Waals surface area contributed by atoms with E-state index in [4.69, 9.17) is 9.15 Å². The Morgan fingerprint density at radius 2 is 2.04 bits per heavy atom. The van der Waals surface area contributed by atoms with E-state index >= 15 is 0 Å². The Kier molecular flexibility index (Phi) is 4.94. The summed E-state index contributed by atoms with van der Waals surface area (Å²) in [6.45, 7) is 2.20. The van der Waals surface area contributed by atoms with Crippen molar-refractivity contribution in [2.75, 3.05) is 17.7 Å². The number of carbonyl (C=O) groups is 1. The number of rotatable bonds is 6. The van der Waals surface area contributed by atoms with E-state index in [1.807, 2.05) is 24.3 Å². The Labute approximate surface area is 145 Å². The summed E-state index contributed by atoms with van der Waals surface area (Å²) in [6.07, 6.45) is 1.61. The smallest absolute Gasteiger partial charge is 0.274 e. The van der Waals surface area contributed by atoms with E-state index < -0.39 is 0 Å². The second kappa shape index (κ2) is 7.48. The number of para-hydroxylation sites is 2. The average Bonchev–Trinajstić information content (AvgIpc) is 3.13. The summed E-state index contributed by atoms with van der Waals surface area (Å²) in [5.74, 6) is 2.06. The van der Waals surface area contributed by atoms with Crippen molar-refractivity contribution in [3.05, 3.63) is 66.0 Å². The topological polar surface area (TPSA) is 89.3 Å². The van der Waals surface area contributed by atoms with Crippen LogP contribution in [0.15, 0.2) is 53.1 Å². The van der Waals surface area contributed by atoms with Crippen molar-refractivity contribution in [3.63, 3.8) is 0 Å². The van der Waals surface area contributed by atoms with Crippen molar-refractivity contribution in [1.29, 1.82) is 0 Å². The molecule has 128 valence electrons. The van der Waals surface area contributed by atoms with E-state index in [0.717, 1.165) is 5.76 Å². The van der Waals surface area contributed by atoms with Gasteiger partial charge in [-0.1, -0.05) is 12.1 Å². The summed E-state index contributed by atoms with van der Waals surface area (Å²) in [6, 6.07) is 12.5. The van der Waals surface area contributed by atoms with E-state index in [9.17, 15) is 4.79 Å². The van der Waals surface area contributed by atoms with Crippen LogP contribution >= 0.6 is 0 Å². The third kappa shape index (κ3) is 4.14. The van der Waals surface area contributed by atoms with Crippen LogP contribution in [-0.2, 0) is 6.54 Å². The quantitative estimate of drug-likeness (QED) is 0.717.